The third-order valence-electron chi connectivity index (χ3n) is 6.34. The predicted octanol–water partition coefficient (Wildman–Crippen LogP) is 1.44. The van der Waals surface area contributed by atoms with Crippen molar-refractivity contribution in [2.24, 2.45) is 0 Å². The largest absolute Gasteiger partial charge is 0.493 e. The van der Waals surface area contributed by atoms with E-state index < -0.39 is 23.1 Å². The van der Waals surface area contributed by atoms with Gasteiger partial charge in [0.05, 0.1) is 41.5 Å². The molecule has 3 atom stereocenters. The fourth-order valence-corrected chi connectivity index (χ4v) is 4.75. The van der Waals surface area contributed by atoms with Gasteiger partial charge >= 0.3 is 5.97 Å². The minimum absolute atomic E-state index is 0.00808. The van der Waals surface area contributed by atoms with E-state index in [1.807, 2.05) is 0 Å². The number of ether oxygens (including phenoxy) is 6. The second-order valence-electron chi connectivity index (χ2n) is 7.85. The van der Waals surface area contributed by atoms with E-state index >= 15 is 0 Å². The molecule has 9 nitrogen and oxygen atoms in total. The van der Waals surface area contributed by atoms with E-state index in [1.54, 1.807) is 24.3 Å². The van der Waals surface area contributed by atoms with Crippen molar-refractivity contribution < 1.29 is 43.4 Å². The van der Waals surface area contributed by atoms with E-state index in [4.69, 9.17) is 28.4 Å². The first-order chi connectivity index (χ1) is 15.3. The summed E-state index contributed by atoms with van der Waals surface area (Å²) < 4.78 is 32.4. The lowest BCUT2D eigenvalue weighted by Gasteiger charge is -2.45. The molecule has 1 fully saturated rings. The van der Waals surface area contributed by atoms with Crippen molar-refractivity contribution >= 4 is 5.97 Å². The summed E-state index contributed by atoms with van der Waals surface area (Å²) in [5, 5.41) is 23.1. The number of hydrogen-bond acceptors (Lipinski definition) is 9. The molecule has 0 spiro atoms. The minimum Gasteiger partial charge on any atom is -0.493 e. The fraction of sp³-hybridized carbons (Fsp3) is 0.435. The lowest BCUT2D eigenvalue weighted by molar-refractivity contribution is -0.168. The first-order valence-corrected chi connectivity index (χ1v) is 9.94. The Morgan fingerprint density at radius 1 is 0.844 bits per heavy atom. The molecule has 32 heavy (non-hydrogen) atoms. The quantitative estimate of drug-likeness (QED) is 0.637. The van der Waals surface area contributed by atoms with Crippen LogP contribution >= 0.6 is 0 Å². The normalized spacial score (nSPS) is 26.0. The number of carbonyl (C=O) groups excluding carboxylic acids is 1. The van der Waals surface area contributed by atoms with Gasteiger partial charge in [0.2, 0.25) is 11.4 Å². The Balaban J connectivity index is 2.04. The number of esters is 1. The molecule has 0 saturated carbocycles. The van der Waals surface area contributed by atoms with Crippen LogP contribution in [0.15, 0.2) is 24.3 Å². The van der Waals surface area contributed by atoms with Crippen molar-refractivity contribution in [3.05, 3.63) is 41.0 Å². The van der Waals surface area contributed by atoms with Crippen LogP contribution in [-0.4, -0.2) is 69.5 Å². The van der Waals surface area contributed by atoms with Crippen molar-refractivity contribution in [1.29, 1.82) is 0 Å². The Labute approximate surface area is 185 Å². The first-order valence-electron chi connectivity index (χ1n) is 9.94. The Morgan fingerprint density at radius 2 is 1.41 bits per heavy atom. The maximum absolute atomic E-state index is 12.9. The number of aliphatic hydroxyl groups is 2. The molecule has 172 valence electrons. The Hall–Kier alpha value is -3.17. The van der Waals surface area contributed by atoms with Gasteiger partial charge in [-0.1, -0.05) is 0 Å². The summed E-state index contributed by atoms with van der Waals surface area (Å²) in [6.45, 7) is -0.336. The average molecular weight is 446 g/mol. The van der Waals surface area contributed by atoms with Gasteiger partial charge in [-0.3, -0.25) is 0 Å². The minimum atomic E-state index is -2.25. The number of fused-ring (bicyclic) bond motifs is 2. The standard InChI is InChI=1S/C23H26O9/c1-27-15-8-13-10-22(25)11-32-21(24)23(22,26)19(14(13)9-16(15)28-2)12-6-17(29-3)20(31-5)18(7-12)30-4/h6-9,19,25-26H,10-11H2,1-5H3/t19-,22+,23-/m1/s1. The molecule has 1 aliphatic heterocycles. The van der Waals surface area contributed by atoms with E-state index in [-0.39, 0.29) is 13.0 Å². The Kier molecular flexibility index (Phi) is 5.34. The second kappa shape index (κ2) is 7.75. The van der Waals surface area contributed by atoms with Gasteiger partial charge in [-0.05, 0) is 41.0 Å². The maximum Gasteiger partial charge on any atom is 0.342 e. The van der Waals surface area contributed by atoms with Gasteiger partial charge in [0.25, 0.3) is 0 Å². The highest BCUT2D eigenvalue weighted by Crippen LogP contribution is 2.55. The molecule has 0 radical (unpaired) electrons. The van der Waals surface area contributed by atoms with Crippen molar-refractivity contribution in [3.8, 4) is 28.7 Å². The highest BCUT2D eigenvalue weighted by Gasteiger charge is 2.68. The van der Waals surface area contributed by atoms with E-state index in [0.717, 1.165) is 0 Å². The van der Waals surface area contributed by atoms with E-state index in [1.165, 1.54) is 35.5 Å². The summed E-state index contributed by atoms with van der Waals surface area (Å²) >= 11 is 0. The number of benzene rings is 2. The number of carbonyl (C=O) groups is 1. The molecule has 1 saturated heterocycles. The van der Waals surface area contributed by atoms with Gasteiger partial charge in [0.1, 0.15) is 12.2 Å². The van der Waals surface area contributed by atoms with Crippen LogP contribution in [0.4, 0.5) is 0 Å². The molecule has 1 aliphatic carbocycles. The van der Waals surface area contributed by atoms with E-state index in [9.17, 15) is 15.0 Å². The van der Waals surface area contributed by atoms with Crippen molar-refractivity contribution in [3.63, 3.8) is 0 Å². The molecule has 0 amide bonds. The number of hydrogen-bond donors (Lipinski definition) is 2. The average Bonchev–Trinajstić information content (AvgIpc) is 3.04. The van der Waals surface area contributed by atoms with Crippen molar-refractivity contribution in [1.82, 2.24) is 0 Å². The zero-order valence-corrected chi connectivity index (χ0v) is 18.6. The monoisotopic (exact) mass is 446 g/mol. The molecule has 0 aromatic heterocycles. The van der Waals surface area contributed by atoms with Gasteiger partial charge in [-0.15, -0.1) is 0 Å². The molecular weight excluding hydrogens is 420 g/mol. The van der Waals surface area contributed by atoms with Crippen LogP contribution in [0.3, 0.4) is 0 Å². The number of methoxy groups -OCH3 is 5. The smallest absolute Gasteiger partial charge is 0.342 e. The van der Waals surface area contributed by atoms with Crippen LogP contribution in [-0.2, 0) is 16.0 Å². The Bertz CT molecular complexity index is 1040. The molecule has 2 N–H and O–H groups in total. The maximum atomic E-state index is 12.9. The number of cyclic esters (lactones) is 1. The molecule has 0 bridgehead atoms. The fourth-order valence-electron chi connectivity index (χ4n) is 4.75. The SMILES string of the molecule is COc1cc2c(cc1OC)[C@@H](c1cc(OC)c(OC)c(OC)c1)[C@@]1(O)C(=O)OC[C@@]1(O)C2. The molecule has 0 unspecified atom stereocenters. The first kappa shape index (κ1) is 22.0. The van der Waals surface area contributed by atoms with Crippen LogP contribution in [0, 0.1) is 0 Å². The molecule has 9 heteroatoms. The second-order valence-corrected chi connectivity index (χ2v) is 7.85. The van der Waals surface area contributed by atoms with Crippen molar-refractivity contribution in [2.75, 3.05) is 42.2 Å². The van der Waals surface area contributed by atoms with Crippen LogP contribution in [0.1, 0.15) is 22.6 Å². The van der Waals surface area contributed by atoms with E-state index in [2.05, 4.69) is 0 Å². The van der Waals surface area contributed by atoms with Gasteiger partial charge < -0.3 is 38.6 Å². The van der Waals surface area contributed by atoms with Crippen LogP contribution < -0.4 is 23.7 Å². The summed E-state index contributed by atoms with van der Waals surface area (Å²) in [6.07, 6.45) is -0.00808. The zero-order valence-electron chi connectivity index (χ0n) is 18.6. The highest BCUT2D eigenvalue weighted by atomic mass is 16.6. The summed E-state index contributed by atoms with van der Waals surface area (Å²) in [5.74, 6) is 0.0106. The topological polar surface area (TPSA) is 113 Å². The lowest BCUT2D eigenvalue weighted by Crippen LogP contribution is -2.62. The van der Waals surface area contributed by atoms with Gasteiger partial charge in [0.15, 0.2) is 23.0 Å². The van der Waals surface area contributed by atoms with E-state index in [0.29, 0.717) is 45.4 Å². The molecular formula is C23H26O9. The van der Waals surface area contributed by atoms with Gasteiger partial charge in [0, 0.05) is 6.42 Å². The summed E-state index contributed by atoms with van der Waals surface area (Å²) in [4.78, 5) is 12.9. The Morgan fingerprint density at radius 3 is 1.94 bits per heavy atom. The zero-order chi connectivity index (χ0) is 23.3. The molecule has 1 heterocycles. The molecule has 2 aromatic carbocycles. The van der Waals surface area contributed by atoms with Crippen LogP contribution in [0.2, 0.25) is 0 Å². The lowest BCUT2D eigenvalue weighted by atomic mass is 9.62. The number of rotatable bonds is 6. The third-order valence-corrected chi connectivity index (χ3v) is 6.34. The summed E-state index contributed by atoms with van der Waals surface area (Å²) in [7, 11) is 7.43. The summed E-state index contributed by atoms with van der Waals surface area (Å²) in [6, 6.07) is 6.72. The molecule has 4 rings (SSSR count). The highest BCUT2D eigenvalue weighted by molar-refractivity contribution is 5.87. The van der Waals surface area contributed by atoms with Crippen LogP contribution in [0.25, 0.3) is 0 Å². The predicted molar refractivity (Wildman–Crippen MR) is 112 cm³/mol. The van der Waals surface area contributed by atoms with Crippen molar-refractivity contribution in [2.45, 2.75) is 23.5 Å². The molecule has 2 aromatic rings. The summed E-state index contributed by atoms with van der Waals surface area (Å²) in [5.41, 5.74) is -2.35. The van der Waals surface area contributed by atoms with Crippen LogP contribution in [0.5, 0.6) is 28.7 Å². The molecule has 2 aliphatic rings. The van der Waals surface area contributed by atoms with Gasteiger partial charge in [-0.2, -0.15) is 0 Å². The van der Waals surface area contributed by atoms with Gasteiger partial charge in [-0.25, -0.2) is 4.79 Å². The third kappa shape index (κ3) is 2.88.